The molecule has 1 aromatic heterocycles. The molecule has 1 aromatic rings. The molecule has 2 rings (SSSR count). The Hall–Kier alpha value is -1.37. The molecule has 0 aliphatic carbocycles. The highest BCUT2D eigenvalue weighted by Crippen LogP contribution is 2.18. The van der Waals surface area contributed by atoms with E-state index in [0.717, 1.165) is 25.5 Å². The number of carbonyl (C=O) groups is 1. The largest absolute Gasteiger partial charge is 0.462 e. The zero-order chi connectivity index (χ0) is 19.1. The summed E-state index contributed by atoms with van der Waals surface area (Å²) < 4.78 is 10.2. The number of pyridine rings is 1. The molecule has 1 fully saturated rings. The van der Waals surface area contributed by atoms with Crippen LogP contribution in [0.5, 0.6) is 0 Å². The van der Waals surface area contributed by atoms with Crippen LogP contribution in [0.15, 0.2) is 18.2 Å². The molecule has 1 atom stereocenters. The minimum absolute atomic E-state index is 0.230. The second-order valence-corrected chi connectivity index (χ2v) is 7.73. The lowest BCUT2D eigenvalue weighted by Crippen LogP contribution is -2.44. The van der Waals surface area contributed by atoms with E-state index in [-0.39, 0.29) is 11.3 Å². The SMILES string of the molecule is CC(C)(C)OC=O.CCN(CC1COC(C)(C)N1)c1cccc(Cl)n1. The molecule has 1 saturated heterocycles. The van der Waals surface area contributed by atoms with Crippen molar-refractivity contribution in [3.05, 3.63) is 23.4 Å². The Kier molecular flexibility index (Phi) is 8.12. The van der Waals surface area contributed by atoms with Crippen LogP contribution in [0.2, 0.25) is 5.15 Å². The van der Waals surface area contributed by atoms with Crippen LogP contribution in [0.1, 0.15) is 41.5 Å². The number of carbonyl (C=O) groups excluding carboxylic acids is 1. The van der Waals surface area contributed by atoms with Gasteiger partial charge in [-0.3, -0.25) is 10.1 Å². The van der Waals surface area contributed by atoms with Crippen molar-refractivity contribution in [3.8, 4) is 0 Å². The molecule has 142 valence electrons. The van der Waals surface area contributed by atoms with Crippen molar-refractivity contribution in [2.45, 2.75) is 58.9 Å². The van der Waals surface area contributed by atoms with Gasteiger partial charge in [0.05, 0.1) is 12.6 Å². The summed E-state index contributed by atoms with van der Waals surface area (Å²) in [4.78, 5) is 16.1. The molecular weight excluding hydrogens is 342 g/mol. The second-order valence-electron chi connectivity index (χ2n) is 7.35. The second kappa shape index (κ2) is 9.36. The van der Waals surface area contributed by atoms with E-state index >= 15 is 0 Å². The summed E-state index contributed by atoms with van der Waals surface area (Å²) in [6.45, 7) is 14.6. The summed E-state index contributed by atoms with van der Waals surface area (Å²) in [7, 11) is 0. The van der Waals surface area contributed by atoms with Crippen LogP contribution in [0.25, 0.3) is 0 Å². The molecule has 1 aliphatic heterocycles. The summed E-state index contributed by atoms with van der Waals surface area (Å²) in [5, 5.41) is 3.98. The van der Waals surface area contributed by atoms with Gasteiger partial charge in [-0.15, -0.1) is 0 Å². The van der Waals surface area contributed by atoms with E-state index in [0.29, 0.717) is 17.7 Å². The summed E-state index contributed by atoms with van der Waals surface area (Å²) in [6.07, 6.45) is 0. The first-order valence-corrected chi connectivity index (χ1v) is 8.84. The monoisotopic (exact) mass is 371 g/mol. The van der Waals surface area contributed by atoms with Gasteiger partial charge in [-0.05, 0) is 53.7 Å². The molecule has 0 spiro atoms. The smallest absolute Gasteiger partial charge is 0.293 e. The standard InChI is InChI=1S/C13H20ClN3O.C5H10O2/c1-4-17(12-7-5-6-11(14)15-12)8-10-9-18-13(2,3)16-10;1-5(2,3)7-4-6/h5-7,10,16H,4,8-9H2,1-3H3;4H,1-3H3. The normalized spacial score (nSPS) is 18.9. The Morgan fingerprint density at radius 1 is 1.48 bits per heavy atom. The Morgan fingerprint density at radius 2 is 2.16 bits per heavy atom. The van der Waals surface area contributed by atoms with Crippen LogP contribution >= 0.6 is 11.6 Å². The van der Waals surface area contributed by atoms with Gasteiger partial charge in [0.2, 0.25) is 0 Å². The Bertz CT molecular complexity index is 547. The number of nitrogens with one attached hydrogen (secondary N) is 1. The summed E-state index contributed by atoms with van der Waals surface area (Å²) >= 11 is 5.93. The zero-order valence-electron chi connectivity index (χ0n) is 16.0. The van der Waals surface area contributed by atoms with E-state index in [2.05, 4.69) is 26.9 Å². The van der Waals surface area contributed by atoms with Crippen molar-refractivity contribution in [2.24, 2.45) is 0 Å². The Morgan fingerprint density at radius 3 is 2.56 bits per heavy atom. The molecule has 1 aliphatic rings. The molecule has 0 bridgehead atoms. The van der Waals surface area contributed by atoms with E-state index in [1.165, 1.54) is 0 Å². The number of rotatable bonds is 5. The summed E-state index contributed by atoms with van der Waals surface area (Å²) in [5.74, 6) is 0.913. The fraction of sp³-hybridized carbons (Fsp3) is 0.667. The van der Waals surface area contributed by atoms with Gasteiger partial charge in [-0.1, -0.05) is 17.7 Å². The molecule has 0 saturated carbocycles. The van der Waals surface area contributed by atoms with Gasteiger partial charge in [0.25, 0.3) is 6.47 Å². The van der Waals surface area contributed by atoms with E-state index < -0.39 is 0 Å². The van der Waals surface area contributed by atoms with Gasteiger partial charge in [0.1, 0.15) is 22.3 Å². The lowest BCUT2D eigenvalue weighted by atomic mass is 10.2. The molecule has 1 N–H and O–H groups in total. The fourth-order valence-corrected chi connectivity index (χ4v) is 2.51. The van der Waals surface area contributed by atoms with Crippen molar-refractivity contribution in [1.82, 2.24) is 10.3 Å². The third kappa shape index (κ3) is 8.52. The van der Waals surface area contributed by atoms with Crippen LogP contribution in [-0.4, -0.2) is 48.5 Å². The van der Waals surface area contributed by atoms with Gasteiger partial charge in [-0.2, -0.15) is 0 Å². The van der Waals surface area contributed by atoms with Crippen molar-refractivity contribution < 1.29 is 14.3 Å². The van der Waals surface area contributed by atoms with E-state index in [9.17, 15) is 4.79 Å². The maximum Gasteiger partial charge on any atom is 0.293 e. The van der Waals surface area contributed by atoms with Gasteiger partial charge in [-0.25, -0.2) is 4.98 Å². The predicted molar refractivity (Wildman–Crippen MR) is 101 cm³/mol. The number of hydrogen-bond donors (Lipinski definition) is 1. The first kappa shape index (κ1) is 21.7. The lowest BCUT2D eigenvalue weighted by Gasteiger charge is -2.26. The van der Waals surface area contributed by atoms with Crippen molar-refractivity contribution in [3.63, 3.8) is 0 Å². The zero-order valence-corrected chi connectivity index (χ0v) is 16.8. The molecule has 2 heterocycles. The van der Waals surface area contributed by atoms with Crippen molar-refractivity contribution in [1.29, 1.82) is 0 Å². The molecule has 0 aromatic carbocycles. The highest BCUT2D eigenvalue weighted by molar-refractivity contribution is 6.29. The molecule has 1 unspecified atom stereocenters. The minimum Gasteiger partial charge on any atom is -0.462 e. The molecule has 7 heteroatoms. The first-order valence-electron chi connectivity index (χ1n) is 8.47. The van der Waals surface area contributed by atoms with E-state index in [1.54, 1.807) is 6.07 Å². The van der Waals surface area contributed by atoms with Crippen LogP contribution in [0, 0.1) is 0 Å². The molecular formula is C18H30ClN3O3. The number of likely N-dealkylation sites (N-methyl/N-ethyl adjacent to an activating group) is 1. The molecule has 0 amide bonds. The van der Waals surface area contributed by atoms with Crippen molar-refractivity contribution in [2.75, 3.05) is 24.6 Å². The van der Waals surface area contributed by atoms with Gasteiger partial charge in [0.15, 0.2) is 0 Å². The Balaban J connectivity index is 0.000000381. The maximum atomic E-state index is 9.60. The van der Waals surface area contributed by atoms with Gasteiger partial charge < -0.3 is 14.4 Å². The van der Waals surface area contributed by atoms with E-state index in [1.807, 2.05) is 46.8 Å². The number of ether oxygens (including phenoxy) is 2. The van der Waals surface area contributed by atoms with Gasteiger partial charge in [0, 0.05) is 13.1 Å². The summed E-state index contributed by atoms with van der Waals surface area (Å²) in [5.41, 5.74) is -0.548. The van der Waals surface area contributed by atoms with E-state index in [4.69, 9.17) is 16.3 Å². The van der Waals surface area contributed by atoms with Crippen molar-refractivity contribution >= 4 is 23.9 Å². The van der Waals surface area contributed by atoms with Crippen LogP contribution in [0.4, 0.5) is 5.82 Å². The first-order chi connectivity index (χ1) is 11.6. The minimum atomic E-state index is -0.318. The van der Waals surface area contributed by atoms with Crippen LogP contribution < -0.4 is 10.2 Å². The number of aromatic nitrogens is 1. The fourth-order valence-electron chi connectivity index (χ4n) is 2.35. The van der Waals surface area contributed by atoms with Crippen LogP contribution in [-0.2, 0) is 14.3 Å². The van der Waals surface area contributed by atoms with Gasteiger partial charge >= 0.3 is 0 Å². The number of hydrogen-bond acceptors (Lipinski definition) is 6. The maximum absolute atomic E-state index is 9.60. The predicted octanol–water partition coefficient (Wildman–Crippen LogP) is 3.24. The molecule has 25 heavy (non-hydrogen) atoms. The molecule has 0 radical (unpaired) electrons. The number of anilines is 1. The number of halogens is 1. The highest BCUT2D eigenvalue weighted by atomic mass is 35.5. The average molecular weight is 372 g/mol. The lowest BCUT2D eigenvalue weighted by molar-refractivity contribution is -0.138. The topological polar surface area (TPSA) is 63.7 Å². The third-order valence-corrected chi connectivity index (χ3v) is 3.66. The summed E-state index contributed by atoms with van der Waals surface area (Å²) in [6, 6.07) is 6.02. The molecule has 6 nitrogen and oxygen atoms in total. The quantitative estimate of drug-likeness (QED) is 0.633. The third-order valence-electron chi connectivity index (χ3n) is 3.45. The highest BCUT2D eigenvalue weighted by Gasteiger charge is 2.31. The Labute approximate surface area is 155 Å². The average Bonchev–Trinajstić information content (AvgIpc) is 2.83. The number of nitrogens with zero attached hydrogens (tertiary/aromatic N) is 2. The van der Waals surface area contributed by atoms with Crippen LogP contribution in [0.3, 0.4) is 0 Å².